The van der Waals surface area contributed by atoms with E-state index in [4.69, 9.17) is 4.74 Å². The molecule has 3 nitrogen and oxygen atoms in total. The van der Waals surface area contributed by atoms with E-state index in [1.807, 2.05) is 18.2 Å². The summed E-state index contributed by atoms with van der Waals surface area (Å²) in [4.78, 5) is 12.1. The zero-order valence-electron chi connectivity index (χ0n) is 10.5. The van der Waals surface area contributed by atoms with Crippen LogP contribution in [0, 0.1) is 0 Å². The van der Waals surface area contributed by atoms with Gasteiger partial charge in [0.15, 0.2) is 0 Å². The summed E-state index contributed by atoms with van der Waals surface area (Å²) < 4.78 is 6.09. The molecular formula is C14H18BrNO2. The van der Waals surface area contributed by atoms with Crippen LogP contribution in [0.1, 0.15) is 41.6 Å². The number of carbonyl (C=O) groups excluding carboxylic acids is 1. The van der Waals surface area contributed by atoms with E-state index in [2.05, 4.69) is 21.2 Å². The van der Waals surface area contributed by atoms with Crippen molar-refractivity contribution < 1.29 is 9.53 Å². The molecule has 1 fully saturated rings. The third-order valence-electron chi connectivity index (χ3n) is 3.30. The Morgan fingerprint density at radius 1 is 1.44 bits per heavy atom. The molecule has 0 heterocycles. The van der Waals surface area contributed by atoms with Crippen molar-refractivity contribution in [1.82, 2.24) is 5.32 Å². The van der Waals surface area contributed by atoms with Gasteiger partial charge in [-0.2, -0.15) is 0 Å². The molecule has 4 heteroatoms. The molecule has 0 aliphatic heterocycles. The standard InChI is InChI=1S/C14H18BrNO2/c1-18-9-11-8-10(6-7-13(11)15)14(17)16-12-4-2-3-5-12/h6-8,12H,2-5,9H2,1H3,(H,16,17). The first-order valence-corrected chi connectivity index (χ1v) is 7.08. The summed E-state index contributed by atoms with van der Waals surface area (Å²) in [6.45, 7) is 0.505. The van der Waals surface area contributed by atoms with Crippen LogP contribution in [-0.4, -0.2) is 19.1 Å². The number of hydrogen-bond donors (Lipinski definition) is 1. The first-order chi connectivity index (χ1) is 8.70. The van der Waals surface area contributed by atoms with Crippen molar-refractivity contribution in [3.63, 3.8) is 0 Å². The molecule has 98 valence electrons. The third kappa shape index (κ3) is 3.33. The monoisotopic (exact) mass is 311 g/mol. The molecule has 0 unspecified atom stereocenters. The molecule has 1 aliphatic rings. The average molecular weight is 312 g/mol. The minimum Gasteiger partial charge on any atom is -0.380 e. The molecule has 18 heavy (non-hydrogen) atoms. The molecule has 1 aromatic carbocycles. The maximum atomic E-state index is 12.1. The number of amides is 1. The normalized spacial score (nSPS) is 15.9. The predicted octanol–water partition coefficient (Wildman–Crippen LogP) is 3.27. The van der Waals surface area contributed by atoms with Crippen LogP contribution >= 0.6 is 15.9 Å². The SMILES string of the molecule is COCc1cc(C(=O)NC2CCCC2)ccc1Br. The summed E-state index contributed by atoms with van der Waals surface area (Å²) in [5.74, 6) is 0.0201. The number of ether oxygens (including phenoxy) is 1. The minimum absolute atomic E-state index is 0.0201. The van der Waals surface area contributed by atoms with Crippen molar-refractivity contribution in [2.24, 2.45) is 0 Å². The van der Waals surface area contributed by atoms with Crippen molar-refractivity contribution in [3.8, 4) is 0 Å². The second-order valence-corrected chi connectivity index (χ2v) is 5.55. The van der Waals surface area contributed by atoms with Gasteiger partial charge in [0.25, 0.3) is 5.91 Å². The fourth-order valence-electron chi connectivity index (χ4n) is 2.32. The van der Waals surface area contributed by atoms with Crippen LogP contribution in [0.2, 0.25) is 0 Å². The van der Waals surface area contributed by atoms with Gasteiger partial charge in [-0.25, -0.2) is 0 Å². The zero-order chi connectivity index (χ0) is 13.0. The van der Waals surface area contributed by atoms with Gasteiger partial charge < -0.3 is 10.1 Å². The molecular weight excluding hydrogens is 294 g/mol. The summed E-state index contributed by atoms with van der Waals surface area (Å²) in [7, 11) is 1.65. The maximum Gasteiger partial charge on any atom is 0.251 e. The molecule has 2 rings (SSSR count). The molecule has 1 amide bonds. The van der Waals surface area contributed by atoms with Gasteiger partial charge in [0.1, 0.15) is 0 Å². The number of halogens is 1. The minimum atomic E-state index is 0.0201. The summed E-state index contributed by atoms with van der Waals surface area (Å²) in [6, 6.07) is 5.98. The van der Waals surface area contributed by atoms with Crippen LogP contribution in [0.3, 0.4) is 0 Å². The van der Waals surface area contributed by atoms with Gasteiger partial charge in [-0.3, -0.25) is 4.79 Å². The number of methoxy groups -OCH3 is 1. The second kappa shape index (κ2) is 6.34. The van der Waals surface area contributed by atoms with Crippen molar-refractivity contribution >= 4 is 21.8 Å². The Morgan fingerprint density at radius 2 is 2.17 bits per heavy atom. The first-order valence-electron chi connectivity index (χ1n) is 6.29. The number of nitrogens with one attached hydrogen (secondary N) is 1. The van der Waals surface area contributed by atoms with E-state index < -0.39 is 0 Å². The van der Waals surface area contributed by atoms with E-state index in [0.29, 0.717) is 18.2 Å². The van der Waals surface area contributed by atoms with Gasteiger partial charge in [0.05, 0.1) is 6.61 Å². The summed E-state index contributed by atoms with van der Waals surface area (Å²) in [5.41, 5.74) is 1.70. The van der Waals surface area contributed by atoms with Gasteiger partial charge >= 0.3 is 0 Å². The lowest BCUT2D eigenvalue weighted by Gasteiger charge is -2.13. The molecule has 0 spiro atoms. The highest BCUT2D eigenvalue weighted by molar-refractivity contribution is 9.10. The van der Waals surface area contributed by atoms with E-state index >= 15 is 0 Å². The van der Waals surface area contributed by atoms with Crippen LogP contribution in [0.5, 0.6) is 0 Å². The number of hydrogen-bond acceptors (Lipinski definition) is 2. The maximum absolute atomic E-state index is 12.1. The van der Waals surface area contributed by atoms with E-state index in [9.17, 15) is 4.79 Å². The van der Waals surface area contributed by atoms with Crippen molar-refractivity contribution in [3.05, 3.63) is 33.8 Å². The van der Waals surface area contributed by atoms with Crippen LogP contribution in [-0.2, 0) is 11.3 Å². The summed E-state index contributed by atoms with van der Waals surface area (Å²) in [5, 5.41) is 3.09. The van der Waals surface area contributed by atoms with E-state index in [-0.39, 0.29) is 5.91 Å². The van der Waals surface area contributed by atoms with Crippen LogP contribution in [0.4, 0.5) is 0 Å². The van der Waals surface area contributed by atoms with Crippen LogP contribution in [0.25, 0.3) is 0 Å². The first kappa shape index (κ1) is 13.6. The Balaban J connectivity index is 2.07. The molecule has 0 aromatic heterocycles. The summed E-state index contributed by atoms with van der Waals surface area (Å²) in [6.07, 6.45) is 4.65. The lowest BCUT2D eigenvalue weighted by molar-refractivity contribution is 0.0937. The number of benzene rings is 1. The lowest BCUT2D eigenvalue weighted by Crippen LogP contribution is -2.32. The van der Waals surface area contributed by atoms with Crippen molar-refractivity contribution in [2.75, 3.05) is 7.11 Å². The fraction of sp³-hybridized carbons (Fsp3) is 0.500. The van der Waals surface area contributed by atoms with Gasteiger partial charge in [-0.15, -0.1) is 0 Å². The van der Waals surface area contributed by atoms with Crippen molar-refractivity contribution in [1.29, 1.82) is 0 Å². The molecule has 1 N–H and O–H groups in total. The Morgan fingerprint density at radius 3 is 2.83 bits per heavy atom. The van der Waals surface area contributed by atoms with E-state index in [0.717, 1.165) is 22.9 Å². The smallest absolute Gasteiger partial charge is 0.251 e. The van der Waals surface area contributed by atoms with E-state index in [1.165, 1.54) is 12.8 Å². The predicted molar refractivity (Wildman–Crippen MR) is 74.6 cm³/mol. The fourth-order valence-corrected chi connectivity index (χ4v) is 2.68. The largest absolute Gasteiger partial charge is 0.380 e. The lowest BCUT2D eigenvalue weighted by atomic mass is 10.1. The molecule has 0 saturated heterocycles. The quantitative estimate of drug-likeness (QED) is 0.926. The highest BCUT2D eigenvalue weighted by atomic mass is 79.9. The number of rotatable bonds is 4. The van der Waals surface area contributed by atoms with Crippen molar-refractivity contribution in [2.45, 2.75) is 38.3 Å². The Kier molecular flexibility index (Phi) is 4.78. The molecule has 0 radical (unpaired) electrons. The Bertz CT molecular complexity index is 428. The highest BCUT2D eigenvalue weighted by Crippen LogP contribution is 2.21. The van der Waals surface area contributed by atoms with Crippen LogP contribution < -0.4 is 5.32 Å². The summed E-state index contributed by atoms with van der Waals surface area (Å²) >= 11 is 3.46. The molecule has 1 aromatic rings. The van der Waals surface area contributed by atoms with Gasteiger partial charge in [0.2, 0.25) is 0 Å². The second-order valence-electron chi connectivity index (χ2n) is 4.69. The van der Waals surface area contributed by atoms with E-state index in [1.54, 1.807) is 7.11 Å². The van der Waals surface area contributed by atoms with Gasteiger partial charge in [-0.1, -0.05) is 28.8 Å². The molecule has 1 saturated carbocycles. The Labute approximate surface area is 116 Å². The van der Waals surface area contributed by atoms with Crippen LogP contribution in [0.15, 0.2) is 22.7 Å². The third-order valence-corrected chi connectivity index (χ3v) is 4.07. The number of carbonyl (C=O) groups is 1. The average Bonchev–Trinajstić information content (AvgIpc) is 2.85. The topological polar surface area (TPSA) is 38.3 Å². The van der Waals surface area contributed by atoms with Gasteiger partial charge in [-0.05, 0) is 36.6 Å². The van der Waals surface area contributed by atoms with Gasteiger partial charge in [0, 0.05) is 23.2 Å². The zero-order valence-corrected chi connectivity index (χ0v) is 12.1. The molecule has 0 bridgehead atoms. The molecule has 0 atom stereocenters. The molecule has 1 aliphatic carbocycles. The highest BCUT2D eigenvalue weighted by Gasteiger charge is 2.18. The Hall–Kier alpha value is -0.870.